The summed E-state index contributed by atoms with van der Waals surface area (Å²) in [6.07, 6.45) is -4.60. The summed E-state index contributed by atoms with van der Waals surface area (Å²) in [7, 11) is 1.68. The van der Waals surface area contributed by atoms with Crippen LogP contribution in [-0.4, -0.2) is 38.5 Å². The van der Waals surface area contributed by atoms with Crippen molar-refractivity contribution in [2.24, 2.45) is 0 Å². The predicted octanol–water partition coefficient (Wildman–Crippen LogP) is 1.66. The van der Waals surface area contributed by atoms with Crippen molar-refractivity contribution >= 4 is 12.4 Å². The molecular formula is C10H9F3N5+. The van der Waals surface area contributed by atoms with Gasteiger partial charge in [0.15, 0.2) is 0 Å². The Morgan fingerprint density at radius 2 is 2.06 bits per heavy atom. The molecule has 0 saturated carbocycles. The zero-order valence-electron chi connectivity index (χ0n) is 9.39. The topological polar surface area (TPSA) is 46.6 Å². The maximum Gasteiger partial charge on any atom is 0.453 e. The largest absolute Gasteiger partial charge is 0.453 e. The number of aromatic nitrogens is 4. The molecule has 2 rings (SSSR count). The van der Waals surface area contributed by atoms with Crippen LogP contribution in [0.15, 0.2) is 24.3 Å². The molecule has 0 atom stereocenters. The van der Waals surface area contributed by atoms with Gasteiger partial charge in [-0.3, -0.25) is 0 Å². The molecule has 8 heteroatoms. The third-order valence-corrected chi connectivity index (χ3v) is 2.24. The lowest BCUT2D eigenvalue weighted by Crippen LogP contribution is -2.14. The Morgan fingerprint density at radius 3 is 2.67 bits per heavy atom. The second kappa shape index (κ2) is 4.21. The van der Waals surface area contributed by atoms with Crippen LogP contribution in [0.25, 0.3) is 5.69 Å². The van der Waals surface area contributed by atoms with Gasteiger partial charge < -0.3 is 0 Å². The Labute approximate surface area is 100 Å². The number of tetrazole rings is 1. The van der Waals surface area contributed by atoms with E-state index < -0.39 is 12.0 Å². The maximum absolute atomic E-state index is 12.6. The lowest BCUT2D eigenvalue weighted by Gasteiger charge is -2.07. The van der Waals surface area contributed by atoms with Crippen LogP contribution in [0, 0.1) is 0 Å². The number of nitrogens with zero attached hydrogens (tertiary/aromatic N) is 5. The van der Waals surface area contributed by atoms with Gasteiger partial charge in [0.05, 0.1) is 5.69 Å². The van der Waals surface area contributed by atoms with Gasteiger partial charge in [-0.25, -0.2) is 4.58 Å². The van der Waals surface area contributed by atoms with Crippen LogP contribution < -0.4 is 0 Å². The summed E-state index contributed by atoms with van der Waals surface area (Å²) < 4.78 is 40.1. The van der Waals surface area contributed by atoms with Crippen molar-refractivity contribution in [2.75, 3.05) is 7.05 Å². The first-order valence-electron chi connectivity index (χ1n) is 4.90. The molecule has 0 amide bonds. The average molecular weight is 256 g/mol. The van der Waals surface area contributed by atoms with Gasteiger partial charge in [0.25, 0.3) is 5.82 Å². The quantitative estimate of drug-likeness (QED) is 0.606. The SMILES string of the molecule is C=[N+](C)c1cccc(-n2nnnc2C(F)(F)F)c1. The number of benzene rings is 1. The Hall–Kier alpha value is -2.25. The second-order valence-corrected chi connectivity index (χ2v) is 3.63. The van der Waals surface area contributed by atoms with Crippen molar-refractivity contribution in [1.82, 2.24) is 20.2 Å². The molecule has 1 aromatic carbocycles. The minimum absolute atomic E-state index is 0.223. The summed E-state index contributed by atoms with van der Waals surface area (Å²) in [4.78, 5) is 0. The molecule has 0 aliphatic rings. The van der Waals surface area contributed by atoms with Crippen molar-refractivity contribution < 1.29 is 17.7 Å². The number of alkyl halides is 3. The van der Waals surface area contributed by atoms with E-state index in [1.165, 1.54) is 16.7 Å². The minimum Gasteiger partial charge on any atom is -0.208 e. The first kappa shape index (κ1) is 12.2. The number of halogens is 3. The average Bonchev–Trinajstić information content (AvgIpc) is 2.77. The summed E-state index contributed by atoms with van der Waals surface area (Å²) in [5.74, 6) is -1.16. The summed E-state index contributed by atoms with van der Waals surface area (Å²) >= 11 is 0. The molecule has 0 saturated heterocycles. The van der Waals surface area contributed by atoms with Crippen LogP contribution in [0.1, 0.15) is 5.82 Å². The van der Waals surface area contributed by atoms with E-state index in [1.54, 1.807) is 19.2 Å². The van der Waals surface area contributed by atoms with E-state index in [1.807, 2.05) is 0 Å². The molecule has 1 heterocycles. The number of rotatable bonds is 2. The predicted molar refractivity (Wildman–Crippen MR) is 57.1 cm³/mol. The van der Waals surface area contributed by atoms with E-state index in [-0.39, 0.29) is 5.69 Å². The highest BCUT2D eigenvalue weighted by atomic mass is 19.4. The van der Waals surface area contributed by atoms with Crippen LogP contribution in [0.4, 0.5) is 18.9 Å². The molecule has 0 bridgehead atoms. The number of hydrogen-bond donors (Lipinski definition) is 0. The molecule has 2 aromatic rings. The highest BCUT2D eigenvalue weighted by molar-refractivity contribution is 5.44. The van der Waals surface area contributed by atoms with E-state index >= 15 is 0 Å². The van der Waals surface area contributed by atoms with Gasteiger partial charge in [-0.1, -0.05) is 6.07 Å². The van der Waals surface area contributed by atoms with Gasteiger partial charge >= 0.3 is 6.18 Å². The lowest BCUT2D eigenvalue weighted by atomic mass is 10.2. The summed E-state index contributed by atoms with van der Waals surface area (Å²) in [5.41, 5.74) is 0.872. The van der Waals surface area contributed by atoms with Crippen LogP contribution in [0.2, 0.25) is 0 Å². The maximum atomic E-state index is 12.6. The van der Waals surface area contributed by atoms with Crippen molar-refractivity contribution in [3.05, 3.63) is 30.1 Å². The Bertz CT molecular complexity index is 587. The zero-order chi connectivity index (χ0) is 13.3. The van der Waals surface area contributed by atoms with Crippen LogP contribution in [0.3, 0.4) is 0 Å². The Balaban J connectivity index is 2.53. The molecule has 0 fully saturated rings. The highest BCUT2D eigenvalue weighted by Crippen LogP contribution is 2.28. The molecule has 0 N–H and O–H groups in total. The standard InChI is InChI=1S/C10H9F3N5/c1-17(2)7-4-3-5-8(6-7)18-9(10(11,12)13)14-15-16-18/h3-6H,1H2,2H3/q+1. The van der Waals surface area contributed by atoms with Crippen LogP contribution >= 0.6 is 0 Å². The molecule has 0 aliphatic heterocycles. The molecule has 5 nitrogen and oxygen atoms in total. The van der Waals surface area contributed by atoms with Gasteiger partial charge in [-0.05, 0) is 16.5 Å². The molecule has 18 heavy (non-hydrogen) atoms. The molecular weight excluding hydrogens is 247 g/mol. The first-order chi connectivity index (χ1) is 8.39. The fourth-order valence-electron chi connectivity index (χ4n) is 1.40. The van der Waals surface area contributed by atoms with Crippen LogP contribution in [-0.2, 0) is 6.18 Å². The fourth-order valence-corrected chi connectivity index (χ4v) is 1.40. The van der Waals surface area contributed by atoms with E-state index in [9.17, 15) is 13.2 Å². The second-order valence-electron chi connectivity index (χ2n) is 3.63. The third-order valence-electron chi connectivity index (χ3n) is 2.24. The van der Waals surface area contributed by atoms with E-state index in [4.69, 9.17) is 0 Å². The summed E-state index contributed by atoms with van der Waals surface area (Å²) in [5, 5.41) is 9.39. The van der Waals surface area contributed by atoms with Crippen molar-refractivity contribution in [3.8, 4) is 5.69 Å². The van der Waals surface area contributed by atoms with Crippen molar-refractivity contribution in [1.29, 1.82) is 0 Å². The molecule has 0 radical (unpaired) electrons. The lowest BCUT2D eigenvalue weighted by molar-refractivity contribution is -0.394. The van der Waals surface area contributed by atoms with Crippen molar-refractivity contribution in [3.63, 3.8) is 0 Å². The normalized spacial score (nSPS) is 11.6. The zero-order valence-corrected chi connectivity index (χ0v) is 9.39. The van der Waals surface area contributed by atoms with Crippen LogP contribution in [0.5, 0.6) is 0 Å². The van der Waals surface area contributed by atoms with Gasteiger partial charge in [-0.15, -0.1) is 5.10 Å². The first-order valence-corrected chi connectivity index (χ1v) is 4.90. The fraction of sp³-hybridized carbons (Fsp3) is 0.200. The van der Waals surface area contributed by atoms with Gasteiger partial charge in [0.2, 0.25) is 5.69 Å². The molecule has 94 valence electrons. The molecule has 0 aliphatic carbocycles. The summed E-state index contributed by atoms with van der Waals surface area (Å²) in [6.45, 7) is 3.65. The molecule has 0 spiro atoms. The van der Waals surface area contributed by atoms with Gasteiger partial charge in [0.1, 0.15) is 13.8 Å². The molecule has 1 aromatic heterocycles. The van der Waals surface area contributed by atoms with Crippen molar-refractivity contribution in [2.45, 2.75) is 6.18 Å². The van der Waals surface area contributed by atoms with Gasteiger partial charge in [-0.2, -0.15) is 17.9 Å². The Morgan fingerprint density at radius 1 is 1.33 bits per heavy atom. The van der Waals surface area contributed by atoms with E-state index in [2.05, 4.69) is 22.2 Å². The smallest absolute Gasteiger partial charge is 0.208 e. The summed E-state index contributed by atoms with van der Waals surface area (Å²) in [6, 6.07) is 6.32. The van der Waals surface area contributed by atoms with E-state index in [0.717, 1.165) is 0 Å². The monoisotopic (exact) mass is 256 g/mol. The molecule has 0 unspecified atom stereocenters. The highest BCUT2D eigenvalue weighted by Gasteiger charge is 2.38. The third kappa shape index (κ3) is 2.22. The van der Waals surface area contributed by atoms with E-state index in [0.29, 0.717) is 10.4 Å². The van der Waals surface area contributed by atoms with Gasteiger partial charge in [0, 0.05) is 12.1 Å². The minimum atomic E-state index is -4.60. The Kier molecular flexibility index (Phi) is 2.85. The number of hydrogen-bond acceptors (Lipinski definition) is 3.